The Morgan fingerprint density at radius 1 is 1.00 bits per heavy atom. The molecule has 0 spiro atoms. The zero-order chi connectivity index (χ0) is 16.5. The van der Waals surface area contributed by atoms with Gasteiger partial charge in [-0.15, -0.1) is 0 Å². The number of carbonyl (C=O) groups excluding carboxylic acids is 3. The summed E-state index contributed by atoms with van der Waals surface area (Å²) in [4.78, 5) is 44.7. The molecule has 0 radical (unpaired) electrons. The first kappa shape index (κ1) is 18.9. The van der Waals surface area contributed by atoms with Crippen LogP contribution in [0.15, 0.2) is 0 Å². The summed E-state index contributed by atoms with van der Waals surface area (Å²) in [5, 5.41) is 16.5. The number of nitrogens with one attached hydrogen (secondary N) is 3. The molecular weight excluding hydrogens is 278 g/mol. The molecule has 0 rings (SSSR count). The van der Waals surface area contributed by atoms with Crippen LogP contribution in [-0.2, 0) is 19.2 Å². The number of carboxylic acid groups (broad SMARTS) is 1. The Labute approximate surface area is 123 Å². The van der Waals surface area contributed by atoms with Gasteiger partial charge in [0.1, 0.15) is 5.54 Å². The van der Waals surface area contributed by atoms with E-state index in [1.807, 2.05) is 0 Å². The molecule has 0 fully saturated rings. The molecule has 0 aromatic heterocycles. The third kappa shape index (κ3) is 7.91. The monoisotopic (exact) mass is 301 g/mol. The standard InChI is InChI=1S/C13H23N3O5/c1-4-13(3,12(20)21)16-11(19)6-5-10(18)15-8-7-14-9(2)17/h4-8H2,1-3H3,(H,14,17)(H,15,18)(H,16,19)(H,20,21). The molecule has 120 valence electrons. The Bertz CT molecular complexity index is 411. The SMILES string of the molecule is CCC(C)(NC(=O)CCC(=O)NCCNC(C)=O)C(=O)O. The van der Waals surface area contributed by atoms with E-state index in [0.29, 0.717) is 6.54 Å². The minimum absolute atomic E-state index is 0.0364. The largest absolute Gasteiger partial charge is 0.480 e. The van der Waals surface area contributed by atoms with Gasteiger partial charge in [0.05, 0.1) is 0 Å². The summed E-state index contributed by atoms with van der Waals surface area (Å²) in [5.41, 5.74) is -1.32. The Balaban J connectivity index is 4.00. The molecule has 4 N–H and O–H groups in total. The van der Waals surface area contributed by atoms with Crippen molar-refractivity contribution in [3.8, 4) is 0 Å². The molecule has 8 nitrogen and oxygen atoms in total. The summed E-state index contributed by atoms with van der Waals surface area (Å²) >= 11 is 0. The number of aliphatic carboxylic acids is 1. The van der Waals surface area contributed by atoms with E-state index >= 15 is 0 Å². The first-order valence-electron chi connectivity index (χ1n) is 6.76. The minimum atomic E-state index is -1.32. The third-order valence-electron chi connectivity index (χ3n) is 2.99. The van der Waals surface area contributed by atoms with Gasteiger partial charge in [0.15, 0.2) is 0 Å². The van der Waals surface area contributed by atoms with Crippen molar-refractivity contribution in [1.82, 2.24) is 16.0 Å². The normalized spacial score (nSPS) is 12.9. The second-order valence-corrected chi connectivity index (χ2v) is 4.87. The molecule has 1 atom stereocenters. The van der Waals surface area contributed by atoms with Gasteiger partial charge in [0.25, 0.3) is 0 Å². The van der Waals surface area contributed by atoms with E-state index in [4.69, 9.17) is 5.11 Å². The van der Waals surface area contributed by atoms with Crippen molar-refractivity contribution < 1.29 is 24.3 Å². The van der Waals surface area contributed by atoms with E-state index in [9.17, 15) is 19.2 Å². The second-order valence-electron chi connectivity index (χ2n) is 4.87. The lowest BCUT2D eigenvalue weighted by molar-refractivity contribution is -0.147. The summed E-state index contributed by atoms with van der Waals surface area (Å²) in [5.74, 6) is -2.11. The molecule has 0 aliphatic heterocycles. The van der Waals surface area contributed by atoms with Crippen molar-refractivity contribution in [2.45, 2.75) is 45.6 Å². The highest BCUT2D eigenvalue weighted by Crippen LogP contribution is 2.09. The Hall–Kier alpha value is -2.12. The van der Waals surface area contributed by atoms with Gasteiger partial charge in [0.2, 0.25) is 17.7 Å². The number of carboxylic acids is 1. The predicted octanol–water partition coefficient (Wildman–Crippen LogP) is -0.612. The molecule has 8 heteroatoms. The molecule has 3 amide bonds. The van der Waals surface area contributed by atoms with E-state index < -0.39 is 17.4 Å². The topological polar surface area (TPSA) is 125 Å². The Kier molecular flexibility index (Phi) is 8.03. The smallest absolute Gasteiger partial charge is 0.329 e. The van der Waals surface area contributed by atoms with Gasteiger partial charge in [0, 0.05) is 32.9 Å². The lowest BCUT2D eigenvalue weighted by atomic mass is 9.99. The first-order valence-corrected chi connectivity index (χ1v) is 6.76. The molecule has 0 aliphatic carbocycles. The fraction of sp³-hybridized carbons (Fsp3) is 0.692. The average Bonchev–Trinajstić information content (AvgIpc) is 2.40. The van der Waals surface area contributed by atoms with Crippen molar-refractivity contribution in [2.75, 3.05) is 13.1 Å². The minimum Gasteiger partial charge on any atom is -0.480 e. The van der Waals surface area contributed by atoms with E-state index in [1.54, 1.807) is 6.92 Å². The number of hydrogen-bond donors (Lipinski definition) is 4. The maximum absolute atomic E-state index is 11.6. The van der Waals surface area contributed by atoms with Crippen molar-refractivity contribution >= 4 is 23.7 Å². The highest BCUT2D eigenvalue weighted by Gasteiger charge is 2.32. The number of carbonyl (C=O) groups is 4. The van der Waals surface area contributed by atoms with Crippen LogP contribution >= 0.6 is 0 Å². The molecule has 0 aromatic rings. The fourth-order valence-electron chi connectivity index (χ4n) is 1.42. The van der Waals surface area contributed by atoms with Gasteiger partial charge >= 0.3 is 5.97 Å². The van der Waals surface area contributed by atoms with Crippen LogP contribution in [0.4, 0.5) is 0 Å². The lowest BCUT2D eigenvalue weighted by Gasteiger charge is -2.24. The average molecular weight is 301 g/mol. The van der Waals surface area contributed by atoms with Crippen LogP contribution in [0.1, 0.15) is 40.0 Å². The zero-order valence-corrected chi connectivity index (χ0v) is 12.6. The summed E-state index contributed by atoms with van der Waals surface area (Å²) in [6, 6.07) is 0. The summed E-state index contributed by atoms with van der Waals surface area (Å²) < 4.78 is 0. The second kappa shape index (κ2) is 8.93. The van der Waals surface area contributed by atoms with Crippen LogP contribution in [0.2, 0.25) is 0 Å². The maximum atomic E-state index is 11.6. The predicted molar refractivity (Wildman–Crippen MR) is 75.4 cm³/mol. The van der Waals surface area contributed by atoms with Crippen molar-refractivity contribution in [1.29, 1.82) is 0 Å². The van der Waals surface area contributed by atoms with E-state index in [2.05, 4.69) is 16.0 Å². The first-order chi connectivity index (χ1) is 9.71. The zero-order valence-electron chi connectivity index (χ0n) is 12.6. The summed E-state index contributed by atoms with van der Waals surface area (Å²) in [7, 11) is 0. The van der Waals surface area contributed by atoms with Gasteiger partial charge in [-0.25, -0.2) is 4.79 Å². The molecule has 1 unspecified atom stereocenters. The molecule has 0 aliphatic rings. The third-order valence-corrected chi connectivity index (χ3v) is 2.99. The van der Waals surface area contributed by atoms with Crippen LogP contribution in [0.25, 0.3) is 0 Å². The molecule has 0 saturated carbocycles. The van der Waals surface area contributed by atoms with Gasteiger partial charge in [-0.1, -0.05) is 6.92 Å². The molecule has 21 heavy (non-hydrogen) atoms. The van der Waals surface area contributed by atoms with Crippen LogP contribution in [-0.4, -0.2) is 47.4 Å². The highest BCUT2D eigenvalue weighted by molar-refractivity contribution is 5.88. The maximum Gasteiger partial charge on any atom is 0.329 e. The van der Waals surface area contributed by atoms with Crippen LogP contribution in [0, 0.1) is 0 Å². The molecule has 0 aromatic carbocycles. The quantitative estimate of drug-likeness (QED) is 0.423. The van der Waals surface area contributed by atoms with Crippen LogP contribution < -0.4 is 16.0 Å². The van der Waals surface area contributed by atoms with Crippen molar-refractivity contribution in [3.05, 3.63) is 0 Å². The van der Waals surface area contributed by atoms with Gasteiger partial charge in [-0.2, -0.15) is 0 Å². The Morgan fingerprint density at radius 3 is 2.00 bits per heavy atom. The summed E-state index contributed by atoms with van der Waals surface area (Å²) in [6.07, 6.45) is 0.122. The number of amides is 3. The van der Waals surface area contributed by atoms with E-state index in [1.165, 1.54) is 13.8 Å². The van der Waals surface area contributed by atoms with Crippen molar-refractivity contribution in [3.63, 3.8) is 0 Å². The van der Waals surface area contributed by atoms with Crippen LogP contribution in [0.5, 0.6) is 0 Å². The van der Waals surface area contributed by atoms with Gasteiger partial charge in [-0.3, -0.25) is 14.4 Å². The van der Waals surface area contributed by atoms with Crippen molar-refractivity contribution in [2.24, 2.45) is 0 Å². The van der Waals surface area contributed by atoms with Gasteiger partial charge < -0.3 is 21.1 Å². The lowest BCUT2D eigenvalue weighted by Crippen LogP contribution is -2.51. The molecule has 0 saturated heterocycles. The van der Waals surface area contributed by atoms with E-state index in [0.717, 1.165) is 0 Å². The van der Waals surface area contributed by atoms with Gasteiger partial charge in [-0.05, 0) is 13.3 Å². The summed E-state index contributed by atoms with van der Waals surface area (Å²) in [6.45, 7) is 5.05. The van der Waals surface area contributed by atoms with Crippen LogP contribution in [0.3, 0.4) is 0 Å². The number of rotatable bonds is 9. The molecule has 0 bridgehead atoms. The van der Waals surface area contributed by atoms with E-state index in [-0.39, 0.29) is 37.6 Å². The molecule has 0 heterocycles. The Morgan fingerprint density at radius 2 is 1.52 bits per heavy atom. The number of hydrogen-bond acceptors (Lipinski definition) is 4. The molecular formula is C13H23N3O5. The fourth-order valence-corrected chi connectivity index (χ4v) is 1.42. The highest BCUT2D eigenvalue weighted by atomic mass is 16.4.